The molecule has 0 amide bonds. The first kappa shape index (κ1) is 18.1. The fourth-order valence-electron chi connectivity index (χ4n) is 3.36. The van der Waals surface area contributed by atoms with Crippen LogP contribution in [0, 0.1) is 5.92 Å². The van der Waals surface area contributed by atoms with E-state index in [1.807, 2.05) is 97.2 Å². The zero-order valence-corrected chi connectivity index (χ0v) is 15.3. The van der Waals surface area contributed by atoms with Crippen LogP contribution in [0.2, 0.25) is 0 Å². The molecule has 0 spiro atoms. The Balaban J connectivity index is 2.10. The predicted octanol–water partition coefficient (Wildman–Crippen LogP) is 5.07. The number of aliphatic hydroxyl groups is 1. The van der Waals surface area contributed by atoms with Crippen LogP contribution in [-0.2, 0) is 5.60 Å². The highest BCUT2D eigenvalue weighted by atomic mass is 16.3. The summed E-state index contributed by atoms with van der Waals surface area (Å²) in [5, 5.41) is 11.9. The molecule has 0 aliphatic carbocycles. The van der Waals surface area contributed by atoms with Crippen LogP contribution in [0.5, 0.6) is 0 Å². The third-order valence-electron chi connectivity index (χ3n) is 4.67. The number of hydrogen-bond acceptors (Lipinski definition) is 2. The van der Waals surface area contributed by atoms with E-state index in [1.165, 1.54) is 0 Å². The van der Waals surface area contributed by atoms with Crippen LogP contribution < -0.4 is 0 Å². The molecule has 132 valence electrons. The summed E-state index contributed by atoms with van der Waals surface area (Å²) in [6, 6.07) is 29.4. The largest absolute Gasteiger partial charge is 0.378 e. The molecule has 0 aliphatic rings. The molecule has 2 heteroatoms. The summed E-state index contributed by atoms with van der Waals surface area (Å²) in [5.74, 6) is 0.153. The lowest BCUT2D eigenvalue weighted by molar-refractivity contribution is 0.0366. The van der Waals surface area contributed by atoms with E-state index in [9.17, 15) is 5.11 Å². The monoisotopic (exact) mass is 343 g/mol. The molecule has 0 aromatic heterocycles. The Bertz CT molecular complexity index is 786. The van der Waals surface area contributed by atoms with E-state index in [0.717, 1.165) is 16.7 Å². The van der Waals surface area contributed by atoms with E-state index < -0.39 is 5.60 Å². The first-order valence-corrected chi connectivity index (χ1v) is 9.04. The van der Waals surface area contributed by atoms with Gasteiger partial charge in [-0.3, -0.25) is 4.99 Å². The summed E-state index contributed by atoms with van der Waals surface area (Å²) in [4.78, 5) is 4.84. The SMILES string of the molecule is CC(C)[C@H](N=Cc1ccccc1)C(O)(c1ccccc1)c1ccccc1. The maximum absolute atomic E-state index is 11.9. The molecular formula is C24H25NO. The van der Waals surface area contributed by atoms with E-state index in [-0.39, 0.29) is 12.0 Å². The van der Waals surface area contributed by atoms with E-state index in [1.54, 1.807) is 0 Å². The number of benzene rings is 3. The summed E-state index contributed by atoms with van der Waals surface area (Å²) >= 11 is 0. The second-order valence-corrected chi connectivity index (χ2v) is 6.88. The highest BCUT2D eigenvalue weighted by molar-refractivity contribution is 5.79. The van der Waals surface area contributed by atoms with Crippen LogP contribution in [-0.4, -0.2) is 17.4 Å². The molecule has 2 nitrogen and oxygen atoms in total. The van der Waals surface area contributed by atoms with Crippen molar-refractivity contribution in [3.05, 3.63) is 108 Å². The van der Waals surface area contributed by atoms with Crippen molar-refractivity contribution >= 4 is 6.21 Å². The van der Waals surface area contributed by atoms with Crippen molar-refractivity contribution in [1.29, 1.82) is 0 Å². The van der Waals surface area contributed by atoms with Crippen LogP contribution >= 0.6 is 0 Å². The topological polar surface area (TPSA) is 32.6 Å². The molecule has 3 rings (SSSR count). The Morgan fingerprint density at radius 3 is 1.58 bits per heavy atom. The van der Waals surface area contributed by atoms with Gasteiger partial charge in [0, 0.05) is 6.21 Å². The summed E-state index contributed by atoms with van der Waals surface area (Å²) < 4.78 is 0. The van der Waals surface area contributed by atoms with Gasteiger partial charge in [-0.25, -0.2) is 0 Å². The minimum Gasteiger partial charge on any atom is -0.378 e. The van der Waals surface area contributed by atoms with Gasteiger partial charge in [0.2, 0.25) is 0 Å². The standard InChI is InChI=1S/C24H25NO/c1-19(2)23(25-18-20-12-6-3-7-13-20)24(26,21-14-8-4-9-15-21)22-16-10-5-11-17-22/h3-19,23,26H,1-2H3/t23-/m0/s1. The van der Waals surface area contributed by atoms with Crippen LogP contribution in [0.4, 0.5) is 0 Å². The summed E-state index contributed by atoms with van der Waals surface area (Å²) in [6.07, 6.45) is 1.86. The minimum atomic E-state index is -1.19. The number of aliphatic imine (C=N–C) groups is 1. The fraction of sp³-hybridized carbons (Fsp3) is 0.208. The first-order chi connectivity index (χ1) is 12.6. The molecule has 3 aromatic carbocycles. The van der Waals surface area contributed by atoms with Gasteiger partial charge in [-0.2, -0.15) is 0 Å². The molecular weight excluding hydrogens is 318 g/mol. The molecule has 0 saturated carbocycles. The molecule has 0 fully saturated rings. The molecule has 0 radical (unpaired) electrons. The Morgan fingerprint density at radius 1 is 0.731 bits per heavy atom. The zero-order chi connectivity index (χ0) is 18.4. The maximum Gasteiger partial charge on any atom is 0.137 e. The average Bonchev–Trinajstić information content (AvgIpc) is 2.70. The van der Waals surface area contributed by atoms with E-state index in [2.05, 4.69) is 13.8 Å². The maximum atomic E-state index is 11.9. The molecule has 1 N–H and O–H groups in total. The van der Waals surface area contributed by atoms with Gasteiger partial charge < -0.3 is 5.11 Å². The third-order valence-corrected chi connectivity index (χ3v) is 4.67. The van der Waals surface area contributed by atoms with Crippen molar-refractivity contribution < 1.29 is 5.11 Å². The van der Waals surface area contributed by atoms with E-state index in [4.69, 9.17) is 4.99 Å². The van der Waals surface area contributed by atoms with Crippen LogP contribution in [0.3, 0.4) is 0 Å². The Morgan fingerprint density at radius 2 is 1.15 bits per heavy atom. The molecule has 3 aromatic rings. The second-order valence-electron chi connectivity index (χ2n) is 6.88. The van der Waals surface area contributed by atoms with Gasteiger partial charge in [-0.05, 0) is 22.6 Å². The van der Waals surface area contributed by atoms with Gasteiger partial charge in [0.25, 0.3) is 0 Å². The van der Waals surface area contributed by atoms with Crippen molar-refractivity contribution in [2.75, 3.05) is 0 Å². The third kappa shape index (κ3) is 3.76. The quantitative estimate of drug-likeness (QED) is 0.623. The molecule has 1 atom stereocenters. The Hall–Kier alpha value is -2.71. The van der Waals surface area contributed by atoms with Crippen molar-refractivity contribution in [1.82, 2.24) is 0 Å². The van der Waals surface area contributed by atoms with Crippen molar-refractivity contribution in [3.63, 3.8) is 0 Å². The summed E-state index contributed by atoms with van der Waals surface area (Å²) in [7, 11) is 0. The number of nitrogens with zero attached hydrogens (tertiary/aromatic N) is 1. The Labute approximate surface area is 155 Å². The first-order valence-electron chi connectivity index (χ1n) is 9.04. The van der Waals surface area contributed by atoms with Crippen molar-refractivity contribution in [2.24, 2.45) is 10.9 Å². The van der Waals surface area contributed by atoms with Crippen LogP contribution in [0.15, 0.2) is 96.0 Å². The molecule has 0 bridgehead atoms. The van der Waals surface area contributed by atoms with Gasteiger partial charge in [0.15, 0.2) is 0 Å². The number of rotatable bonds is 6. The molecule has 26 heavy (non-hydrogen) atoms. The number of hydrogen-bond donors (Lipinski definition) is 1. The average molecular weight is 343 g/mol. The lowest BCUT2D eigenvalue weighted by Crippen LogP contribution is -2.42. The molecule has 0 aliphatic heterocycles. The highest BCUT2D eigenvalue weighted by Crippen LogP contribution is 2.37. The van der Waals surface area contributed by atoms with Crippen molar-refractivity contribution in [3.8, 4) is 0 Å². The van der Waals surface area contributed by atoms with Crippen molar-refractivity contribution in [2.45, 2.75) is 25.5 Å². The van der Waals surface area contributed by atoms with Gasteiger partial charge in [-0.1, -0.05) is 105 Å². The van der Waals surface area contributed by atoms with E-state index >= 15 is 0 Å². The molecule has 0 unspecified atom stereocenters. The summed E-state index contributed by atoms with van der Waals surface area (Å²) in [6.45, 7) is 4.20. The highest BCUT2D eigenvalue weighted by Gasteiger charge is 2.41. The smallest absolute Gasteiger partial charge is 0.137 e. The second kappa shape index (κ2) is 8.11. The Kier molecular flexibility index (Phi) is 5.65. The predicted molar refractivity (Wildman–Crippen MR) is 109 cm³/mol. The van der Waals surface area contributed by atoms with Gasteiger partial charge in [0.1, 0.15) is 5.60 Å². The van der Waals surface area contributed by atoms with E-state index in [0.29, 0.717) is 0 Å². The molecule has 0 saturated heterocycles. The fourth-order valence-corrected chi connectivity index (χ4v) is 3.36. The summed E-state index contributed by atoms with van der Waals surface area (Å²) in [5.41, 5.74) is 1.55. The van der Waals surface area contributed by atoms with Gasteiger partial charge in [0.05, 0.1) is 6.04 Å². The van der Waals surface area contributed by atoms with Crippen LogP contribution in [0.25, 0.3) is 0 Å². The zero-order valence-electron chi connectivity index (χ0n) is 15.3. The van der Waals surface area contributed by atoms with Crippen LogP contribution in [0.1, 0.15) is 30.5 Å². The normalized spacial score (nSPS) is 13.2. The molecule has 0 heterocycles. The van der Waals surface area contributed by atoms with Gasteiger partial charge >= 0.3 is 0 Å². The lowest BCUT2D eigenvalue weighted by atomic mass is 9.76. The van der Waals surface area contributed by atoms with Gasteiger partial charge in [-0.15, -0.1) is 0 Å². The minimum absolute atomic E-state index is 0.153. The lowest BCUT2D eigenvalue weighted by Gasteiger charge is -2.37.